The molecule has 0 aliphatic heterocycles. The summed E-state index contributed by atoms with van der Waals surface area (Å²) in [5.74, 6) is 0.753. The first-order valence-electron chi connectivity index (χ1n) is 6.36. The summed E-state index contributed by atoms with van der Waals surface area (Å²) in [6.07, 6.45) is 0. The van der Waals surface area contributed by atoms with E-state index in [0.717, 1.165) is 11.4 Å². The first kappa shape index (κ1) is 12.8. The molecule has 2 N–H and O–H groups in total. The Morgan fingerprint density at radius 3 is 2.20 bits per heavy atom. The zero-order valence-electron chi connectivity index (χ0n) is 10.8. The fourth-order valence-corrected chi connectivity index (χ4v) is 2.79. The standard InChI is InChI=1S/C16H14N2OS/c19-16-10-14(17-18-16)11-20-15-8-6-13(7-9-15)12-4-2-1-3-5-12/h1-10H,11H2,(H2,17,18,19). The molecule has 2 aromatic carbocycles. The van der Waals surface area contributed by atoms with Gasteiger partial charge >= 0.3 is 0 Å². The summed E-state index contributed by atoms with van der Waals surface area (Å²) < 4.78 is 0. The zero-order valence-corrected chi connectivity index (χ0v) is 11.6. The molecule has 0 saturated heterocycles. The Bertz CT molecular complexity index is 729. The second kappa shape index (κ2) is 5.84. The van der Waals surface area contributed by atoms with Gasteiger partial charge in [-0.1, -0.05) is 42.5 Å². The number of H-pyrrole nitrogens is 2. The minimum Gasteiger partial charge on any atom is -0.301 e. The van der Waals surface area contributed by atoms with Gasteiger partial charge in [0.2, 0.25) is 0 Å². The molecule has 0 spiro atoms. The summed E-state index contributed by atoms with van der Waals surface area (Å²) in [5, 5.41) is 5.40. The Morgan fingerprint density at radius 1 is 0.850 bits per heavy atom. The molecule has 0 atom stereocenters. The molecule has 20 heavy (non-hydrogen) atoms. The maximum Gasteiger partial charge on any atom is 0.264 e. The lowest BCUT2D eigenvalue weighted by Gasteiger charge is -2.04. The predicted octanol–water partition coefficient (Wildman–Crippen LogP) is 3.66. The molecule has 0 aliphatic rings. The van der Waals surface area contributed by atoms with Gasteiger partial charge in [0.15, 0.2) is 0 Å². The molecule has 0 unspecified atom stereocenters. The zero-order chi connectivity index (χ0) is 13.8. The molecule has 0 saturated carbocycles. The number of hydrogen-bond acceptors (Lipinski definition) is 2. The molecular weight excluding hydrogens is 268 g/mol. The molecule has 3 rings (SSSR count). The number of aromatic amines is 2. The molecule has 0 bridgehead atoms. The largest absolute Gasteiger partial charge is 0.301 e. The molecule has 3 aromatic rings. The fourth-order valence-electron chi connectivity index (χ4n) is 1.99. The van der Waals surface area contributed by atoms with Crippen LogP contribution >= 0.6 is 11.8 Å². The van der Waals surface area contributed by atoms with Crippen molar-refractivity contribution in [1.82, 2.24) is 10.2 Å². The third-order valence-corrected chi connectivity index (χ3v) is 4.07. The van der Waals surface area contributed by atoms with Crippen LogP contribution in [0.5, 0.6) is 0 Å². The van der Waals surface area contributed by atoms with Crippen LogP contribution in [0.25, 0.3) is 11.1 Å². The Morgan fingerprint density at radius 2 is 1.55 bits per heavy atom. The van der Waals surface area contributed by atoms with E-state index in [4.69, 9.17) is 0 Å². The van der Waals surface area contributed by atoms with Gasteiger partial charge in [0.25, 0.3) is 5.56 Å². The topological polar surface area (TPSA) is 48.6 Å². The number of hydrogen-bond donors (Lipinski definition) is 2. The normalized spacial score (nSPS) is 10.6. The van der Waals surface area contributed by atoms with Gasteiger partial charge < -0.3 is 5.10 Å². The molecule has 3 nitrogen and oxygen atoms in total. The van der Waals surface area contributed by atoms with Gasteiger partial charge in [-0.3, -0.25) is 9.89 Å². The van der Waals surface area contributed by atoms with Gasteiger partial charge in [0.05, 0.1) is 0 Å². The van der Waals surface area contributed by atoms with Crippen LogP contribution < -0.4 is 5.56 Å². The average molecular weight is 282 g/mol. The number of rotatable bonds is 4. The van der Waals surface area contributed by atoms with Crippen molar-refractivity contribution in [3.05, 3.63) is 76.7 Å². The highest BCUT2D eigenvalue weighted by molar-refractivity contribution is 7.98. The third kappa shape index (κ3) is 3.03. The van der Waals surface area contributed by atoms with Crippen molar-refractivity contribution < 1.29 is 0 Å². The van der Waals surface area contributed by atoms with Crippen molar-refractivity contribution >= 4 is 11.8 Å². The van der Waals surface area contributed by atoms with Gasteiger partial charge in [-0.25, -0.2) is 0 Å². The van der Waals surface area contributed by atoms with Gasteiger partial charge in [-0.15, -0.1) is 11.8 Å². The molecule has 0 aliphatic carbocycles. The van der Waals surface area contributed by atoms with E-state index in [1.165, 1.54) is 16.0 Å². The van der Waals surface area contributed by atoms with Gasteiger partial charge in [-0.05, 0) is 23.3 Å². The quantitative estimate of drug-likeness (QED) is 0.717. The van der Waals surface area contributed by atoms with E-state index < -0.39 is 0 Å². The second-order valence-electron chi connectivity index (χ2n) is 4.46. The van der Waals surface area contributed by atoms with Crippen LogP contribution in [-0.2, 0) is 5.75 Å². The van der Waals surface area contributed by atoms with Crippen molar-refractivity contribution in [3.63, 3.8) is 0 Å². The highest BCUT2D eigenvalue weighted by atomic mass is 32.2. The van der Waals surface area contributed by atoms with Crippen LogP contribution in [0.15, 0.2) is 70.4 Å². The highest BCUT2D eigenvalue weighted by Gasteiger charge is 2.00. The monoisotopic (exact) mass is 282 g/mol. The number of benzene rings is 2. The first-order valence-corrected chi connectivity index (χ1v) is 7.35. The molecule has 0 fully saturated rings. The minimum absolute atomic E-state index is 0.0833. The lowest BCUT2D eigenvalue weighted by Crippen LogP contribution is -1.93. The van der Waals surface area contributed by atoms with Crippen LogP contribution in [0.4, 0.5) is 0 Å². The third-order valence-electron chi connectivity index (χ3n) is 3.01. The Labute approximate surface area is 121 Å². The summed E-state index contributed by atoms with van der Waals surface area (Å²) in [5.41, 5.74) is 3.26. The van der Waals surface area contributed by atoms with Gasteiger partial charge in [-0.2, -0.15) is 0 Å². The van der Waals surface area contributed by atoms with Gasteiger partial charge in [0, 0.05) is 22.4 Å². The second-order valence-corrected chi connectivity index (χ2v) is 5.51. The van der Waals surface area contributed by atoms with E-state index >= 15 is 0 Å². The maximum atomic E-state index is 11.0. The number of thioether (sulfide) groups is 1. The molecule has 1 aromatic heterocycles. The predicted molar refractivity (Wildman–Crippen MR) is 82.9 cm³/mol. The molecule has 0 amide bonds. The van der Waals surface area contributed by atoms with Crippen molar-refractivity contribution in [3.8, 4) is 11.1 Å². The van der Waals surface area contributed by atoms with Crippen molar-refractivity contribution in [2.45, 2.75) is 10.6 Å². The Balaban J connectivity index is 1.69. The van der Waals surface area contributed by atoms with Crippen LogP contribution in [0.1, 0.15) is 5.69 Å². The van der Waals surface area contributed by atoms with E-state index in [0.29, 0.717) is 0 Å². The van der Waals surface area contributed by atoms with E-state index in [-0.39, 0.29) is 5.56 Å². The van der Waals surface area contributed by atoms with Crippen LogP contribution in [0.2, 0.25) is 0 Å². The number of nitrogens with one attached hydrogen (secondary N) is 2. The van der Waals surface area contributed by atoms with E-state index in [1.54, 1.807) is 17.8 Å². The van der Waals surface area contributed by atoms with Crippen LogP contribution in [-0.4, -0.2) is 10.2 Å². The lowest BCUT2D eigenvalue weighted by atomic mass is 10.1. The van der Waals surface area contributed by atoms with Crippen molar-refractivity contribution in [2.75, 3.05) is 0 Å². The van der Waals surface area contributed by atoms with E-state index in [2.05, 4.69) is 46.6 Å². The van der Waals surface area contributed by atoms with E-state index in [9.17, 15) is 4.79 Å². The summed E-state index contributed by atoms with van der Waals surface area (Å²) >= 11 is 1.70. The summed E-state index contributed by atoms with van der Waals surface area (Å²) in [6, 6.07) is 20.4. The molecule has 1 heterocycles. The van der Waals surface area contributed by atoms with Crippen molar-refractivity contribution in [2.24, 2.45) is 0 Å². The molecule has 100 valence electrons. The molecule has 0 radical (unpaired) electrons. The molecular formula is C16H14N2OS. The Kier molecular flexibility index (Phi) is 3.74. The maximum absolute atomic E-state index is 11.0. The fraction of sp³-hybridized carbons (Fsp3) is 0.0625. The lowest BCUT2D eigenvalue weighted by molar-refractivity contribution is 1.02. The first-order chi connectivity index (χ1) is 9.81. The minimum atomic E-state index is -0.0833. The summed E-state index contributed by atoms with van der Waals surface area (Å²) in [7, 11) is 0. The van der Waals surface area contributed by atoms with E-state index in [1.807, 2.05) is 18.2 Å². The van der Waals surface area contributed by atoms with Gasteiger partial charge in [0.1, 0.15) is 0 Å². The van der Waals surface area contributed by atoms with Crippen molar-refractivity contribution in [1.29, 1.82) is 0 Å². The highest BCUT2D eigenvalue weighted by Crippen LogP contribution is 2.25. The smallest absolute Gasteiger partial charge is 0.264 e. The summed E-state index contributed by atoms with van der Waals surface area (Å²) in [6.45, 7) is 0. The van der Waals surface area contributed by atoms with Crippen LogP contribution in [0, 0.1) is 0 Å². The Hall–Kier alpha value is -2.20. The molecule has 4 heteroatoms. The SMILES string of the molecule is O=c1cc(CSc2ccc(-c3ccccc3)cc2)[nH][nH]1. The number of aromatic nitrogens is 2. The average Bonchev–Trinajstić information content (AvgIpc) is 2.92. The summed E-state index contributed by atoms with van der Waals surface area (Å²) in [4.78, 5) is 12.2. The van der Waals surface area contributed by atoms with Crippen LogP contribution in [0.3, 0.4) is 0 Å².